The minimum atomic E-state index is -3.80. The normalized spacial score (nSPS) is 12.0. The topological polar surface area (TPSA) is 61.4 Å². The molecule has 0 spiro atoms. The summed E-state index contributed by atoms with van der Waals surface area (Å²) in [5, 5.41) is 3.07. The molecule has 0 aliphatic rings. The van der Waals surface area contributed by atoms with Crippen LogP contribution in [0.2, 0.25) is 0 Å². The highest BCUT2D eigenvalue weighted by Gasteiger charge is 2.18. The summed E-state index contributed by atoms with van der Waals surface area (Å²) in [5.74, 6) is -0.721. The number of nitrogens with zero attached hydrogens (tertiary/aromatic N) is 1. The second-order valence-electron chi connectivity index (χ2n) is 4.84. The van der Waals surface area contributed by atoms with E-state index in [1.165, 1.54) is 12.1 Å². The van der Waals surface area contributed by atoms with Crippen molar-refractivity contribution in [3.8, 4) is 0 Å². The van der Waals surface area contributed by atoms with Crippen LogP contribution in [0, 0.1) is 5.82 Å². The lowest BCUT2D eigenvalue weighted by atomic mass is 10.2. The second kappa shape index (κ2) is 8.43. The number of hydrogen-bond donors (Lipinski definition) is 2. The van der Waals surface area contributed by atoms with E-state index in [2.05, 4.69) is 10.0 Å². The van der Waals surface area contributed by atoms with Crippen molar-refractivity contribution in [2.45, 2.75) is 25.3 Å². The van der Waals surface area contributed by atoms with E-state index < -0.39 is 15.8 Å². The van der Waals surface area contributed by atoms with Crippen molar-refractivity contribution in [1.29, 1.82) is 0 Å². The summed E-state index contributed by atoms with van der Waals surface area (Å²) in [5.41, 5.74) is 0.721. The van der Waals surface area contributed by atoms with E-state index in [1.807, 2.05) is 25.8 Å². The van der Waals surface area contributed by atoms with Gasteiger partial charge in [0, 0.05) is 19.6 Å². The van der Waals surface area contributed by atoms with E-state index in [9.17, 15) is 12.8 Å². The van der Waals surface area contributed by atoms with Crippen molar-refractivity contribution in [3.63, 3.8) is 0 Å². The number of rotatable bonds is 9. The Morgan fingerprint density at radius 1 is 1.29 bits per heavy atom. The Labute approximate surface area is 126 Å². The van der Waals surface area contributed by atoms with Gasteiger partial charge in [-0.1, -0.05) is 19.9 Å². The van der Waals surface area contributed by atoms with Crippen LogP contribution in [0.5, 0.6) is 0 Å². The quantitative estimate of drug-likeness (QED) is 0.718. The third kappa shape index (κ3) is 5.70. The van der Waals surface area contributed by atoms with Gasteiger partial charge in [0.1, 0.15) is 10.7 Å². The first kappa shape index (κ1) is 18.0. The first-order valence-corrected chi connectivity index (χ1v) is 8.56. The molecule has 0 aromatic heterocycles. The molecular formula is C14H24FN3O2S. The van der Waals surface area contributed by atoms with Crippen LogP contribution in [0.1, 0.15) is 19.4 Å². The molecule has 0 amide bonds. The summed E-state index contributed by atoms with van der Waals surface area (Å²) in [7, 11) is -1.91. The fourth-order valence-electron chi connectivity index (χ4n) is 1.75. The van der Waals surface area contributed by atoms with Gasteiger partial charge in [0.05, 0.1) is 0 Å². The van der Waals surface area contributed by atoms with Crippen LogP contribution >= 0.6 is 0 Å². The third-order valence-corrected chi connectivity index (χ3v) is 4.68. The van der Waals surface area contributed by atoms with Gasteiger partial charge in [0.25, 0.3) is 0 Å². The van der Waals surface area contributed by atoms with Crippen molar-refractivity contribution in [2.24, 2.45) is 0 Å². The standard InChI is InChI=1S/C14H24FN3O2S/c1-4-16-11-12-6-7-14(13(15)10-12)21(19,20)17-8-9-18(3)5-2/h6-7,10,16-17H,4-5,8-9,11H2,1-3H3. The van der Waals surface area contributed by atoms with E-state index >= 15 is 0 Å². The number of likely N-dealkylation sites (N-methyl/N-ethyl adjacent to an activating group) is 1. The predicted molar refractivity (Wildman–Crippen MR) is 82.1 cm³/mol. The summed E-state index contributed by atoms with van der Waals surface area (Å²) in [6.07, 6.45) is 0. The van der Waals surface area contributed by atoms with E-state index in [4.69, 9.17) is 0 Å². The molecule has 0 atom stereocenters. The summed E-state index contributed by atoms with van der Waals surface area (Å²) in [6, 6.07) is 4.20. The molecule has 0 heterocycles. The Hall–Kier alpha value is -1.02. The molecule has 0 aliphatic heterocycles. The van der Waals surface area contributed by atoms with E-state index in [0.717, 1.165) is 18.7 Å². The van der Waals surface area contributed by atoms with Crippen molar-refractivity contribution in [2.75, 3.05) is 33.2 Å². The van der Waals surface area contributed by atoms with Crippen molar-refractivity contribution >= 4 is 10.0 Å². The molecule has 5 nitrogen and oxygen atoms in total. The van der Waals surface area contributed by atoms with Gasteiger partial charge in [-0.15, -0.1) is 0 Å². The zero-order chi connectivity index (χ0) is 15.9. The molecular weight excluding hydrogens is 293 g/mol. The van der Waals surface area contributed by atoms with Crippen molar-refractivity contribution in [3.05, 3.63) is 29.6 Å². The maximum absolute atomic E-state index is 14.0. The van der Waals surface area contributed by atoms with Crippen LogP contribution in [-0.2, 0) is 16.6 Å². The third-order valence-electron chi connectivity index (χ3n) is 3.19. The van der Waals surface area contributed by atoms with Gasteiger partial charge < -0.3 is 10.2 Å². The van der Waals surface area contributed by atoms with E-state index in [1.54, 1.807) is 6.07 Å². The molecule has 1 aromatic carbocycles. The van der Waals surface area contributed by atoms with Crippen LogP contribution in [0.15, 0.2) is 23.1 Å². The fraction of sp³-hybridized carbons (Fsp3) is 0.571. The highest BCUT2D eigenvalue weighted by atomic mass is 32.2. The van der Waals surface area contributed by atoms with E-state index in [-0.39, 0.29) is 11.4 Å². The number of halogens is 1. The molecule has 0 saturated heterocycles. The fourth-order valence-corrected chi connectivity index (χ4v) is 2.83. The molecule has 0 saturated carbocycles. The molecule has 0 unspecified atom stereocenters. The molecule has 1 rings (SSSR count). The van der Waals surface area contributed by atoms with Gasteiger partial charge in [-0.2, -0.15) is 0 Å². The first-order chi connectivity index (χ1) is 9.90. The summed E-state index contributed by atoms with van der Waals surface area (Å²) in [6.45, 7) is 6.89. The van der Waals surface area contributed by atoms with Crippen molar-refractivity contribution in [1.82, 2.24) is 14.9 Å². The summed E-state index contributed by atoms with van der Waals surface area (Å²) < 4.78 is 40.5. The number of sulfonamides is 1. The number of nitrogens with one attached hydrogen (secondary N) is 2. The molecule has 0 aliphatic carbocycles. The van der Waals surface area contributed by atoms with Gasteiger partial charge in [0.2, 0.25) is 10.0 Å². The molecule has 2 N–H and O–H groups in total. The summed E-state index contributed by atoms with van der Waals surface area (Å²) >= 11 is 0. The van der Waals surface area contributed by atoms with Crippen LogP contribution < -0.4 is 10.0 Å². The first-order valence-electron chi connectivity index (χ1n) is 7.08. The minimum absolute atomic E-state index is 0.255. The Balaban J connectivity index is 2.74. The van der Waals surface area contributed by atoms with Gasteiger partial charge in [-0.05, 0) is 37.8 Å². The van der Waals surface area contributed by atoms with Crippen LogP contribution in [0.4, 0.5) is 4.39 Å². The Kier molecular flexibility index (Phi) is 7.24. The lowest BCUT2D eigenvalue weighted by Gasteiger charge is -2.14. The van der Waals surface area contributed by atoms with Gasteiger partial charge >= 0.3 is 0 Å². The average Bonchev–Trinajstić information content (AvgIpc) is 2.44. The molecule has 21 heavy (non-hydrogen) atoms. The minimum Gasteiger partial charge on any atom is -0.313 e. The van der Waals surface area contributed by atoms with Gasteiger partial charge in [-0.3, -0.25) is 0 Å². The van der Waals surface area contributed by atoms with Gasteiger partial charge in [-0.25, -0.2) is 17.5 Å². The molecule has 7 heteroatoms. The Morgan fingerprint density at radius 3 is 2.57 bits per heavy atom. The zero-order valence-corrected chi connectivity index (χ0v) is 13.6. The maximum atomic E-state index is 14.0. The molecule has 0 bridgehead atoms. The SMILES string of the molecule is CCNCc1ccc(S(=O)(=O)NCCN(C)CC)c(F)c1. The molecule has 120 valence electrons. The van der Waals surface area contributed by atoms with Crippen LogP contribution in [0.3, 0.4) is 0 Å². The monoisotopic (exact) mass is 317 g/mol. The smallest absolute Gasteiger partial charge is 0.243 e. The number of benzene rings is 1. The molecule has 0 radical (unpaired) electrons. The highest BCUT2D eigenvalue weighted by Crippen LogP contribution is 2.15. The largest absolute Gasteiger partial charge is 0.313 e. The zero-order valence-electron chi connectivity index (χ0n) is 12.8. The van der Waals surface area contributed by atoms with Crippen molar-refractivity contribution < 1.29 is 12.8 Å². The molecule has 0 fully saturated rings. The lowest BCUT2D eigenvalue weighted by Crippen LogP contribution is -2.33. The molecule has 1 aromatic rings. The van der Waals surface area contributed by atoms with Gasteiger partial charge in [0.15, 0.2) is 0 Å². The Bertz CT molecular complexity index is 549. The predicted octanol–water partition coefficient (Wildman–Crippen LogP) is 1.17. The average molecular weight is 317 g/mol. The van der Waals surface area contributed by atoms with Crippen LogP contribution in [0.25, 0.3) is 0 Å². The lowest BCUT2D eigenvalue weighted by molar-refractivity contribution is 0.357. The van der Waals surface area contributed by atoms with E-state index in [0.29, 0.717) is 13.1 Å². The maximum Gasteiger partial charge on any atom is 0.243 e. The highest BCUT2D eigenvalue weighted by molar-refractivity contribution is 7.89. The van der Waals surface area contributed by atoms with Crippen LogP contribution in [-0.4, -0.2) is 46.5 Å². The summed E-state index contributed by atoms with van der Waals surface area (Å²) in [4.78, 5) is 1.67. The second-order valence-corrected chi connectivity index (χ2v) is 6.57. The Morgan fingerprint density at radius 2 is 2.00 bits per heavy atom. The number of hydrogen-bond acceptors (Lipinski definition) is 4.